The summed E-state index contributed by atoms with van der Waals surface area (Å²) in [6, 6.07) is 4.86. The molecule has 1 N–H and O–H groups in total. The Bertz CT molecular complexity index is 543. The third-order valence-corrected chi connectivity index (χ3v) is 9.14. The second-order valence-electron chi connectivity index (χ2n) is 6.96. The van der Waals surface area contributed by atoms with E-state index in [-0.39, 0.29) is 23.8 Å². The van der Waals surface area contributed by atoms with E-state index >= 15 is 0 Å². The molecule has 0 saturated carbocycles. The van der Waals surface area contributed by atoms with Crippen LogP contribution in [0.2, 0.25) is 18.1 Å². The van der Waals surface area contributed by atoms with Crippen LogP contribution in [0.15, 0.2) is 22.7 Å². The lowest BCUT2D eigenvalue weighted by Crippen LogP contribution is -2.42. The topological polar surface area (TPSA) is 72.6 Å². The van der Waals surface area contributed by atoms with Crippen LogP contribution in [0.1, 0.15) is 26.3 Å². The molecule has 1 rings (SSSR count). The first-order valence-corrected chi connectivity index (χ1v) is 10.9. The largest absolute Gasteiger partial charge is 0.414 e. The van der Waals surface area contributed by atoms with Gasteiger partial charge in [-0.3, -0.25) is 10.1 Å². The van der Waals surface area contributed by atoms with Crippen molar-refractivity contribution in [3.63, 3.8) is 0 Å². The van der Waals surface area contributed by atoms with Crippen LogP contribution in [-0.2, 0) is 10.8 Å². The number of hydrogen-bond acceptors (Lipinski definition) is 4. The summed E-state index contributed by atoms with van der Waals surface area (Å²) in [5.74, 6) is 0. The number of nitro groups is 1. The number of rotatable bonds is 6. The van der Waals surface area contributed by atoms with Crippen LogP contribution >= 0.6 is 15.9 Å². The molecule has 1 unspecified atom stereocenters. The maximum absolute atomic E-state index is 11.1. The van der Waals surface area contributed by atoms with E-state index in [9.17, 15) is 15.2 Å². The Kier molecular flexibility index (Phi) is 6.32. The highest BCUT2D eigenvalue weighted by molar-refractivity contribution is 9.10. The van der Waals surface area contributed by atoms with Crippen molar-refractivity contribution < 1.29 is 14.5 Å². The molecule has 0 radical (unpaired) electrons. The van der Waals surface area contributed by atoms with Crippen LogP contribution in [0.25, 0.3) is 0 Å². The van der Waals surface area contributed by atoms with Gasteiger partial charge >= 0.3 is 0 Å². The van der Waals surface area contributed by atoms with E-state index < -0.39 is 19.3 Å². The summed E-state index contributed by atoms with van der Waals surface area (Å²) in [7, 11) is -1.93. The van der Waals surface area contributed by atoms with Crippen molar-refractivity contribution in [1.82, 2.24) is 0 Å². The summed E-state index contributed by atoms with van der Waals surface area (Å²) >= 11 is 3.22. The van der Waals surface area contributed by atoms with E-state index in [1.165, 1.54) is 6.07 Å². The van der Waals surface area contributed by atoms with E-state index in [1.54, 1.807) is 12.1 Å². The van der Waals surface area contributed by atoms with Crippen LogP contribution in [0.3, 0.4) is 0 Å². The number of hydrogen-bond donors (Lipinski definition) is 1. The van der Waals surface area contributed by atoms with Crippen molar-refractivity contribution in [2.45, 2.75) is 51.4 Å². The number of halogens is 1. The molecule has 0 fully saturated rings. The zero-order valence-corrected chi connectivity index (χ0v) is 16.3. The molecule has 0 amide bonds. The molecular formula is C15H24BrNO4Si. The molecule has 0 aliphatic rings. The molecule has 7 heteroatoms. The summed E-state index contributed by atoms with van der Waals surface area (Å²) in [4.78, 5) is 10.7. The van der Waals surface area contributed by atoms with Crippen molar-refractivity contribution in [2.24, 2.45) is 0 Å². The van der Waals surface area contributed by atoms with E-state index in [0.29, 0.717) is 10.0 Å². The standard InChI is InChI=1S/C15H24BrNO4Si/c1-15(2,3)22(4,5)21-10-13(18)8-11-6-7-12(16)9-14(11)17(19)20/h6-7,9,13,18H,8,10H2,1-5H3. The smallest absolute Gasteiger partial charge is 0.273 e. The monoisotopic (exact) mass is 389 g/mol. The quantitative estimate of drug-likeness (QED) is 0.447. The molecule has 1 aromatic carbocycles. The number of aliphatic hydroxyl groups excluding tert-OH is 1. The average molecular weight is 390 g/mol. The van der Waals surface area contributed by atoms with Gasteiger partial charge in [-0.2, -0.15) is 0 Å². The van der Waals surface area contributed by atoms with Crippen molar-refractivity contribution in [3.8, 4) is 0 Å². The van der Waals surface area contributed by atoms with E-state index in [1.807, 2.05) is 0 Å². The highest BCUT2D eigenvalue weighted by atomic mass is 79.9. The Morgan fingerprint density at radius 2 is 2.00 bits per heavy atom. The minimum absolute atomic E-state index is 0.0146. The van der Waals surface area contributed by atoms with Crippen LogP contribution in [0.4, 0.5) is 5.69 Å². The molecule has 0 heterocycles. The molecule has 0 spiro atoms. The van der Waals surface area contributed by atoms with Gasteiger partial charge in [0.1, 0.15) is 0 Å². The van der Waals surface area contributed by atoms with Gasteiger partial charge in [-0.25, -0.2) is 0 Å². The fourth-order valence-corrected chi connectivity index (χ4v) is 3.10. The Balaban J connectivity index is 2.74. The maximum atomic E-state index is 11.1. The lowest BCUT2D eigenvalue weighted by atomic mass is 10.1. The first-order valence-electron chi connectivity index (χ1n) is 7.19. The Morgan fingerprint density at radius 1 is 1.41 bits per heavy atom. The first-order chi connectivity index (χ1) is 9.94. The summed E-state index contributed by atoms with van der Waals surface area (Å²) in [6.45, 7) is 10.8. The predicted octanol–water partition coefficient (Wildman–Crippen LogP) is 4.28. The molecule has 124 valence electrons. The van der Waals surface area contributed by atoms with Crippen LogP contribution in [0, 0.1) is 10.1 Å². The highest BCUT2D eigenvalue weighted by Crippen LogP contribution is 2.36. The Morgan fingerprint density at radius 3 is 2.50 bits per heavy atom. The maximum Gasteiger partial charge on any atom is 0.273 e. The zero-order chi connectivity index (χ0) is 17.1. The fraction of sp³-hybridized carbons (Fsp3) is 0.600. The molecule has 0 saturated heterocycles. The van der Waals surface area contributed by atoms with E-state index in [4.69, 9.17) is 4.43 Å². The summed E-state index contributed by atoms with van der Waals surface area (Å²) in [6.07, 6.45) is -0.549. The van der Waals surface area contributed by atoms with Crippen molar-refractivity contribution in [3.05, 3.63) is 38.3 Å². The number of nitrogens with zero attached hydrogens (tertiary/aromatic N) is 1. The van der Waals surface area contributed by atoms with Crippen molar-refractivity contribution >= 4 is 29.9 Å². The Hall–Kier alpha value is -0.763. The Labute approximate surface area is 141 Å². The van der Waals surface area contributed by atoms with Gasteiger partial charge in [-0.1, -0.05) is 42.8 Å². The fourth-order valence-electron chi connectivity index (χ4n) is 1.71. The predicted molar refractivity (Wildman–Crippen MR) is 93.7 cm³/mol. The molecule has 22 heavy (non-hydrogen) atoms. The lowest BCUT2D eigenvalue weighted by molar-refractivity contribution is -0.385. The lowest BCUT2D eigenvalue weighted by Gasteiger charge is -2.36. The van der Waals surface area contributed by atoms with Gasteiger partial charge in [0, 0.05) is 22.5 Å². The van der Waals surface area contributed by atoms with Gasteiger partial charge in [-0.05, 0) is 24.2 Å². The van der Waals surface area contributed by atoms with Gasteiger partial charge in [0.2, 0.25) is 0 Å². The second kappa shape index (κ2) is 7.21. The van der Waals surface area contributed by atoms with Gasteiger partial charge in [0.05, 0.1) is 17.6 Å². The highest BCUT2D eigenvalue weighted by Gasteiger charge is 2.37. The number of aliphatic hydroxyl groups is 1. The molecule has 1 atom stereocenters. The third-order valence-electron chi connectivity index (χ3n) is 4.14. The SMILES string of the molecule is CC(C)(C)[Si](C)(C)OCC(O)Cc1ccc(Br)cc1[N+](=O)[O-]. The first kappa shape index (κ1) is 19.3. The minimum Gasteiger partial charge on any atom is -0.414 e. The molecular weight excluding hydrogens is 366 g/mol. The normalized spacial score (nSPS) is 14.0. The summed E-state index contributed by atoms with van der Waals surface area (Å²) in [5.41, 5.74) is 0.528. The van der Waals surface area contributed by atoms with Gasteiger partial charge in [0.25, 0.3) is 5.69 Å². The average Bonchev–Trinajstić information content (AvgIpc) is 2.37. The van der Waals surface area contributed by atoms with Gasteiger partial charge < -0.3 is 9.53 Å². The van der Waals surface area contributed by atoms with E-state index in [0.717, 1.165) is 0 Å². The van der Waals surface area contributed by atoms with Crippen molar-refractivity contribution in [1.29, 1.82) is 0 Å². The van der Waals surface area contributed by atoms with Gasteiger partial charge in [0.15, 0.2) is 8.32 Å². The van der Waals surface area contributed by atoms with Gasteiger partial charge in [-0.15, -0.1) is 0 Å². The molecule has 0 aliphatic carbocycles. The third kappa shape index (κ3) is 5.15. The zero-order valence-electron chi connectivity index (χ0n) is 13.7. The minimum atomic E-state index is -1.93. The van der Waals surface area contributed by atoms with Crippen LogP contribution < -0.4 is 0 Å². The molecule has 1 aromatic rings. The van der Waals surface area contributed by atoms with Crippen LogP contribution in [0.5, 0.6) is 0 Å². The van der Waals surface area contributed by atoms with Crippen molar-refractivity contribution in [2.75, 3.05) is 6.61 Å². The summed E-state index contributed by atoms with van der Waals surface area (Å²) in [5, 5.41) is 21.3. The number of benzene rings is 1. The number of nitro benzene ring substituents is 1. The van der Waals surface area contributed by atoms with E-state index in [2.05, 4.69) is 49.8 Å². The molecule has 5 nitrogen and oxygen atoms in total. The molecule has 0 aromatic heterocycles. The molecule has 0 bridgehead atoms. The second-order valence-corrected chi connectivity index (χ2v) is 12.7. The van der Waals surface area contributed by atoms with Crippen LogP contribution in [-0.4, -0.2) is 31.1 Å². The molecule has 0 aliphatic heterocycles. The summed E-state index contributed by atoms with van der Waals surface area (Å²) < 4.78 is 6.61.